The molecule has 1 atom stereocenters. The minimum Gasteiger partial charge on any atom is -0.371 e. The maximum absolute atomic E-state index is 12.8. The minimum absolute atomic E-state index is 0.221. The second-order valence-electron chi connectivity index (χ2n) is 6.61. The van der Waals surface area contributed by atoms with E-state index in [1.165, 1.54) is 16.8 Å². The van der Waals surface area contributed by atoms with Gasteiger partial charge in [-0.3, -0.25) is 4.79 Å². The number of nitrogens with zero attached hydrogens (tertiary/aromatic N) is 2. The lowest BCUT2D eigenvalue weighted by atomic mass is 10.1. The van der Waals surface area contributed by atoms with Crippen molar-refractivity contribution in [3.05, 3.63) is 59.7 Å². The summed E-state index contributed by atoms with van der Waals surface area (Å²) in [6.07, 6.45) is 1.50. The lowest BCUT2D eigenvalue weighted by Gasteiger charge is -2.27. The first kappa shape index (κ1) is 16.6. The van der Waals surface area contributed by atoms with E-state index in [0.29, 0.717) is 6.42 Å². The van der Waals surface area contributed by atoms with Crippen LogP contribution in [0.2, 0.25) is 0 Å². The SMILES string of the molecule is CCN(CCC(=O)N1c2ccccc2CC1C)c1cccc(C)c1. The van der Waals surface area contributed by atoms with Gasteiger partial charge in [0, 0.05) is 36.9 Å². The summed E-state index contributed by atoms with van der Waals surface area (Å²) in [5.41, 5.74) is 4.82. The third-order valence-corrected chi connectivity index (χ3v) is 4.82. The van der Waals surface area contributed by atoms with Gasteiger partial charge in [-0.05, 0) is 56.5 Å². The van der Waals surface area contributed by atoms with Crippen molar-refractivity contribution in [2.45, 2.75) is 39.7 Å². The molecular formula is C21H26N2O. The van der Waals surface area contributed by atoms with Gasteiger partial charge in [0.1, 0.15) is 0 Å². The Bertz CT molecular complexity index is 725. The van der Waals surface area contributed by atoms with Gasteiger partial charge in [0.15, 0.2) is 0 Å². The monoisotopic (exact) mass is 322 g/mol. The summed E-state index contributed by atoms with van der Waals surface area (Å²) < 4.78 is 0. The molecule has 1 heterocycles. The number of fused-ring (bicyclic) bond motifs is 1. The van der Waals surface area contributed by atoms with E-state index < -0.39 is 0 Å². The van der Waals surface area contributed by atoms with E-state index in [1.807, 2.05) is 11.0 Å². The lowest BCUT2D eigenvalue weighted by Crippen LogP contribution is -2.38. The standard InChI is InChI=1S/C21H26N2O/c1-4-22(19-10-7-8-16(2)14-19)13-12-21(24)23-17(3)15-18-9-5-6-11-20(18)23/h5-11,14,17H,4,12-13,15H2,1-3H3. The van der Waals surface area contributed by atoms with Crippen LogP contribution in [0.25, 0.3) is 0 Å². The molecule has 2 aromatic carbocycles. The van der Waals surface area contributed by atoms with E-state index in [4.69, 9.17) is 0 Å². The molecule has 126 valence electrons. The van der Waals surface area contributed by atoms with Crippen molar-refractivity contribution in [2.75, 3.05) is 22.9 Å². The second kappa shape index (κ2) is 7.08. The van der Waals surface area contributed by atoms with Gasteiger partial charge in [-0.2, -0.15) is 0 Å². The van der Waals surface area contributed by atoms with E-state index in [-0.39, 0.29) is 11.9 Å². The Hall–Kier alpha value is -2.29. The molecule has 1 aliphatic heterocycles. The number of carbonyl (C=O) groups is 1. The average Bonchev–Trinajstić information content (AvgIpc) is 2.91. The van der Waals surface area contributed by atoms with Gasteiger partial charge in [0.05, 0.1) is 0 Å². The zero-order valence-corrected chi connectivity index (χ0v) is 14.8. The predicted molar refractivity (Wildman–Crippen MR) is 101 cm³/mol. The molecule has 0 spiro atoms. The molecule has 1 unspecified atom stereocenters. The molecule has 0 fully saturated rings. The van der Waals surface area contributed by atoms with Crippen molar-refractivity contribution in [3.8, 4) is 0 Å². The van der Waals surface area contributed by atoms with E-state index in [2.05, 4.69) is 68.1 Å². The molecule has 0 saturated carbocycles. The van der Waals surface area contributed by atoms with Crippen LogP contribution in [0, 0.1) is 6.92 Å². The number of aryl methyl sites for hydroxylation is 1. The van der Waals surface area contributed by atoms with Crippen LogP contribution in [0.3, 0.4) is 0 Å². The number of para-hydroxylation sites is 1. The fourth-order valence-corrected chi connectivity index (χ4v) is 3.59. The topological polar surface area (TPSA) is 23.6 Å². The molecule has 1 aliphatic rings. The average molecular weight is 322 g/mol. The molecule has 0 bridgehead atoms. The number of anilines is 2. The van der Waals surface area contributed by atoms with Crippen LogP contribution in [0.5, 0.6) is 0 Å². The summed E-state index contributed by atoms with van der Waals surface area (Å²) in [5, 5.41) is 0. The normalized spacial score (nSPS) is 16.1. The molecule has 0 N–H and O–H groups in total. The summed E-state index contributed by atoms with van der Waals surface area (Å²) in [7, 11) is 0. The largest absolute Gasteiger partial charge is 0.371 e. The van der Waals surface area contributed by atoms with Crippen molar-refractivity contribution < 1.29 is 4.79 Å². The molecule has 24 heavy (non-hydrogen) atoms. The maximum Gasteiger partial charge on any atom is 0.229 e. The summed E-state index contributed by atoms with van der Waals surface area (Å²) in [6, 6.07) is 17.0. The van der Waals surface area contributed by atoms with Gasteiger partial charge >= 0.3 is 0 Å². The number of hydrogen-bond donors (Lipinski definition) is 0. The molecule has 3 nitrogen and oxygen atoms in total. The summed E-state index contributed by atoms with van der Waals surface area (Å²) in [4.78, 5) is 17.1. The van der Waals surface area contributed by atoms with Crippen LogP contribution in [0.15, 0.2) is 48.5 Å². The van der Waals surface area contributed by atoms with Crippen LogP contribution in [-0.4, -0.2) is 25.0 Å². The van der Waals surface area contributed by atoms with Gasteiger partial charge in [-0.15, -0.1) is 0 Å². The Morgan fingerprint density at radius 3 is 2.75 bits per heavy atom. The van der Waals surface area contributed by atoms with Gasteiger partial charge in [0.2, 0.25) is 5.91 Å². The molecule has 0 radical (unpaired) electrons. The quantitative estimate of drug-likeness (QED) is 0.824. The van der Waals surface area contributed by atoms with Gasteiger partial charge in [0.25, 0.3) is 0 Å². The zero-order chi connectivity index (χ0) is 17.1. The number of benzene rings is 2. The zero-order valence-electron chi connectivity index (χ0n) is 14.8. The first-order chi connectivity index (χ1) is 11.6. The van der Waals surface area contributed by atoms with Gasteiger partial charge in [-0.1, -0.05) is 30.3 Å². The van der Waals surface area contributed by atoms with E-state index >= 15 is 0 Å². The van der Waals surface area contributed by atoms with Crippen molar-refractivity contribution >= 4 is 17.3 Å². The number of hydrogen-bond acceptors (Lipinski definition) is 2. The molecular weight excluding hydrogens is 296 g/mol. The van der Waals surface area contributed by atoms with Crippen molar-refractivity contribution in [1.29, 1.82) is 0 Å². The van der Waals surface area contributed by atoms with Crippen molar-refractivity contribution in [1.82, 2.24) is 0 Å². The van der Waals surface area contributed by atoms with Crippen LogP contribution in [0.1, 0.15) is 31.4 Å². The summed E-state index contributed by atoms with van der Waals surface area (Å²) in [6.45, 7) is 8.04. The predicted octanol–water partition coefficient (Wildman–Crippen LogP) is 4.19. The van der Waals surface area contributed by atoms with Gasteiger partial charge in [-0.25, -0.2) is 0 Å². The molecule has 1 amide bonds. The highest BCUT2D eigenvalue weighted by Crippen LogP contribution is 2.32. The fraction of sp³-hybridized carbons (Fsp3) is 0.381. The Morgan fingerprint density at radius 2 is 2.00 bits per heavy atom. The summed E-state index contributed by atoms with van der Waals surface area (Å²) >= 11 is 0. The fourth-order valence-electron chi connectivity index (χ4n) is 3.59. The lowest BCUT2D eigenvalue weighted by molar-refractivity contribution is -0.118. The Balaban J connectivity index is 1.69. The maximum atomic E-state index is 12.8. The second-order valence-corrected chi connectivity index (χ2v) is 6.61. The highest BCUT2D eigenvalue weighted by atomic mass is 16.2. The van der Waals surface area contributed by atoms with Crippen molar-refractivity contribution in [2.24, 2.45) is 0 Å². The molecule has 2 aromatic rings. The van der Waals surface area contributed by atoms with Crippen LogP contribution in [0.4, 0.5) is 11.4 Å². The molecule has 3 heteroatoms. The molecule has 0 saturated heterocycles. The Labute approximate surface area is 144 Å². The number of amides is 1. The smallest absolute Gasteiger partial charge is 0.229 e. The first-order valence-corrected chi connectivity index (χ1v) is 8.81. The van der Waals surface area contributed by atoms with Gasteiger partial charge < -0.3 is 9.80 Å². The van der Waals surface area contributed by atoms with Crippen LogP contribution >= 0.6 is 0 Å². The third kappa shape index (κ3) is 3.30. The van der Waals surface area contributed by atoms with Crippen LogP contribution in [-0.2, 0) is 11.2 Å². The molecule has 3 rings (SSSR count). The highest BCUT2D eigenvalue weighted by molar-refractivity contribution is 5.96. The minimum atomic E-state index is 0.221. The summed E-state index contributed by atoms with van der Waals surface area (Å²) in [5.74, 6) is 0.221. The van der Waals surface area contributed by atoms with Crippen molar-refractivity contribution in [3.63, 3.8) is 0 Å². The van der Waals surface area contributed by atoms with Crippen LogP contribution < -0.4 is 9.80 Å². The number of rotatable bonds is 5. The Kier molecular flexibility index (Phi) is 4.89. The van der Waals surface area contributed by atoms with E-state index in [1.54, 1.807) is 0 Å². The van der Waals surface area contributed by atoms with E-state index in [0.717, 1.165) is 25.2 Å². The molecule has 0 aromatic heterocycles. The third-order valence-electron chi connectivity index (χ3n) is 4.82. The number of carbonyl (C=O) groups excluding carboxylic acids is 1. The first-order valence-electron chi connectivity index (χ1n) is 8.81. The Morgan fingerprint density at radius 1 is 1.21 bits per heavy atom. The highest BCUT2D eigenvalue weighted by Gasteiger charge is 2.30. The van der Waals surface area contributed by atoms with E-state index in [9.17, 15) is 4.79 Å². The molecule has 0 aliphatic carbocycles.